The molecule has 4 aliphatic heterocycles. The molecule has 5 rings (SSSR count). The topological polar surface area (TPSA) is 18.5 Å². The van der Waals surface area contributed by atoms with Gasteiger partial charge < -0.3 is 15.1 Å². The van der Waals surface area contributed by atoms with Crippen molar-refractivity contribution in [1.82, 2.24) is 4.90 Å². The molecule has 4 heterocycles. The van der Waals surface area contributed by atoms with Gasteiger partial charge in [-0.25, -0.2) is 0 Å². The van der Waals surface area contributed by atoms with Crippen molar-refractivity contribution >= 4 is 11.4 Å². The molecule has 0 aliphatic carbocycles. The van der Waals surface area contributed by atoms with E-state index in [4.69, 9.17) is 0 Å². The lowest BCUT2D eigenvalue weighted by molar-refractivity contribution is 0.0975. The number of piperidine rings is 4. The lowest BCUT2D eigenvalue weighted by Gasteiger charge is -2.45. The molecule has 1 aromatic carbocycles. The Morgan fingerprint density at radius 2 is 1.57 bits per heavy atom. The number of nitrogens with zero attached hydrogens (tertiary/aromatic N) is 2. The fourth-order valence-corrected chi connectivity index (χ4v) is 4.26. The first kappa shape index (κ1) is 13.4. The molecule has 4 saturated heterocycles. The van der Waals surface area contributed by atoms with Gasteiger partial charge in [-0.2, -0.15) is 0 Å². The van der Waals surface area contributed by atoms with E-state index in [1.54, 1.807) is 0 Å². The maximum Gasteiger partial charge on any atom is 0.0417 e. The second-order valence-electron chi connectivity index (χ2n) is 6.98. The maximum atomic E-state index is 3.78. The Morgan fingerprint density at radius 3 is 2.19 bits per heavy atom. The van der Waals surface area contributed by atoms with E-state index in [0.717, 1.165) is 5.92 Å². The monoisotopic (exact) mass is 285 g/mol. The van der Waals surface area contributed by atoms with E-state index in [0.29, 0.717) is 6.04 Å². The number of nitrogens with one attached hydrogen (secondary N) is 1. The third-order valence-corrected chi connectivity index (χ3v) is 5.60. The summed E-state index contributed by atoms with van der Waals surface area (Å²) < 4.78 is 0. The second kappa shape index (κ2) is 5.88. The van der Waals surface area contributed by atoms with Crippen molar-refractivity contribution in [1.29, 1.82) is 0 Å². The van der Waals surface area contributed by atoms with Crippen molar-refractivity contribution < 1.29 is 0 Å². The Kier molecular flexibility index (Phi) is 3.76. The van der Waals surface area contributed by atoms with Crippen LogP contribution in [0.15, 0.2) is 24.3 Å². The molecular weight excluding hydrogens is 258 g/mol. The summed E-state index contributed by atoms with van der Waals surface area (Å²) in [6.45, 7) is 6.32. The minimum Gasteiger partial charge on any atom is -0.381 e. The Labute approximate surface area is 128 Å². The van der Waals surface area contributed by atoms with Crippen LogP contribution in [0.2, 0.25) is 0 Å². The molecule has 0 saturated carbocycles. The van der Waals surface area contributed by atoms with Crippen molar-refractivity contribution in [3.05, 3.63) is 24.3 Å². The first-order valence-corrected chi connectivity index (χ1v) is 8.72. The summed E-state index contributed by atoms with van der Waals surface area (Å²) in [7, 11) is 0. The van der Waals surface area contributed by atoms with Crippen molar-refractivity contribution in [3.8, 4) is 0 Å². The highest BCUT2D eigenvalue weighted by Gasteiger charge is 2.33. The van der Waals surface area contributed by atoms with Crippen molar-refractivity contribution in [2.45, 2.75) is 38.1 Å². The van der Waals surface area contributed by atoms with Crippen LogP contribution in [0.4, 0.5) is 11.4 Å². The fraction of sp³-hybridized carbons (Fsp3) is 0.667. The minimum absolute atomic E-state index is 0.660. The third-order valence-electron chi connectivity index (χ3n) is 5.60. The molecule has 4 aliphatic rings. The van der Waals surface area contributed by atoms with E-state index in [1.807, 2.05) is 0 Å². The highest BCUT2D eigenvalue weighted by molar-refractivity contribution is 5.55. The summed E-state index contributed by atoms with van der Waals surface area (Å²) in [6, 6.07) is 9.82. The molecule has 3 nitrogen and oxygen atoms in total. The van der Waals surface area contributed by atoms with Gasteiger partial charge in [-0.15, -0.1) is 0 Å². The number of hydrogen-bond donors (Lipinski definition) is 1. The number of fused-ring (bicyclic) bond motifs is 3. The Hall–Kier alpha value is -1.22. The summed E-state index contributed by atoms with van der Waals surface area (Å²) in [4.78, 5) is 5.14. The molecule has 0 amide bonds. The van der Waals surface area contributed by atoms with Gasteiger partial charge in [0, 0.05) is 37.1 Å². The summed E-state index contributed by atoms with van der Waals surface area (Å²) >= 11 is 0. The van der Waals surface area contributed by atoms with Gasteiger partial charge >= 0.3 is 0 Å². The standard InChI is InChI=1S/C18H27N3/c1-2-10-21(11-3-1)17-6-4-16(5-7-17)19-18-14-20-12-8-15(18)9-13-20/h4-7,15,18-19H,1-3,8-14H2. The molecule has 2 bridgehead atoms. The van der Waals surface area contributed by atoms with Gasteiger partial charge in [0.25, 0.3) is 0 Å². The van der Waals surface area contributed by atoms with Crippen molar-refractivity contribution in [3.63, 3.8) is 0 Å². The lowest BCUT2D eigenvalue weighted by Crippen LogP contribution is -2.53. The SMILES string of the molecule is c1cc(N2CCCCC2)ccc1NC1CN2CCC1CC2. The molecule has 1 atom stereocenters. The van der Waals surface area contributed by atoms with Gasteiger partial charge in [0.15, 0.2) is 0 Å². The maximum absolute atomic E-state index is 3.78. The molecule has 21 heavy (non-hydrogen) atoms. The Balaban J connectivity index is 1.39. The first-order chi connectivity index (χ1) is 10.4. The number of anilines is 2. The van der Waals surface area contributed by atoms with Crippen LogP contribution in [-0.2, 0) is 0 Å². The van der Waals surface area contributed by atoms with Gasteiger partial charge in [0.05, 0.1) is 0 Å². The van der Waals surface area contributed by atoms with Gasteiger partial charge in [-0.1, -0.05) is 0 Å². The molecule has 1 aromatic rings. The average Bonchev–Trinajstić information content (AvgIpc) is 2.57. The van der Waals surface area contributed by atoms with Gasteiger partial charge in [-0.05, 0) is 75.4 Å². The van der Waals surface area contributed by atoms with E-state index < -0.39 is 0 Å². The van der Waals surface area contributed by atoms with E-state index in [9.17, 15) is 0 Å². The highest BCUT2D eigenvalue weighted by atomic mass is 15.2. The first-order valence-electron chi connectivity index (χ1n) is 8.72. The predicted molar refractivity (Wildman–Crippen MR) is 89.1 cm³/mol. The van der Waals surface area contributed by atoms with Crippen LogP contribution in [0, 0.1) is 5.92 Å². The van der Waals surface area contributed by atoms with Gasteiger partial charge in [0.1, 0.15) is 0 Å². The normalized spacial score (nSPS) is 32.2. The van der Waals surface area contributed by atoms with Crippen LogP contribution in [0.3, 0.4) is 0 Å². The largest absolute Gasteiger partial charge is 0.381 e. The van der Waals surface area contributed by atoms with Crippen LogP contribution < -0.4 is 10.2 Å². The molecule has 4 fully saturated rings. The minimum atomic E-state index is 0.660. The molecular formula is C18H27N3. The van der Waals surface area contributed by atoms with E-state index in [-0.39, 0.29) is 0 Å². The zero-order valence-corrected chi connectivity index (χ0v) is 12.9. The smallest absolute Gasteiger partial charge is 0.0417 e. The predicted octanol–water partition coefficient (Wildman–Crippen LogP) is 3.18. The zero-order valence-electron chi connectivity index (χ0n) is 12.9. The summed E-state index contributed by atoms with van der Waals surface area (Å²) in [5.41, 5.74) is 2.70. The molecule has 0 radical (unpaired) electrons. The van der Waals surface area contributed by atoms with Gasteiger partial charge in [0.2, 0.25) is 0 Å². The molecule has 0 spiro atoms. The summed E-state index contributed by atoms with van der Waals surface area (Å²) in [5.74, 6) is 0.886. The van der Waals surface area contributed by atoms with E-state index in [1.165, 1.54) is 76.2 Å². The van der Waals surface area contributed by atoms with Gasteiger partial charge in [-0.3, -0.25) is 0 Å². The second-order valence-corrected chi connectivity index (χ2v) is 6.98. The van der Waals surface area contributed by atoms with Crippen molar-refractivity contribution in [2.24, 2.45) is 5.92 Å². The van der Waals surface area contributed by atoms with Crippen LogP contribution in [0.1, 0.15) is 32.1 Å². The Bertz CT molecular complexity index is 456. The summed E-state index contributed by atoms with van der Waals surface area (Å²) in [6.07, 6.45) is 6.85. The van der Waals surface area contributed by atoms with Crippen LogP contribution >= 0.6 is 0 Å². The van der Waals surface area contributed by atoms with E-state index >= 15 is 0 Å². The molecule has 3 heteroatoms. The number of rotatable bonds is 3. The van der Waals surface area contributed by atoms with E-state index in [2.05, 4.69) is 39.4 Å². The highest BCUT2D eigenvalue weighted by Crippen LogP contribution is 2.30. The molecule has 1 N–H and O–H groups in total. The zero-order chi connectivity index (χ0) is 14.1. The quantitative estimate of drug-likeness (QED) is 0.920. The number of benzene rings is 1. The average molecular weight is 285 g/mol. The third kappa shape index (κ3) is 2.89. The fourth-order valence-electron chi connectivity index (χ4n) is 4.26. The van der Waals surface area contributed by atoms with Crippen LogP contribution in [-0.4, -0.2) is 43.7 Å². The van der Waals surface area contributed by atoms with Crippen LogP contribution in [0.5, 0.6) is 0 Å². The van der Waals surface area contributed by atoms with Crippen molar-refractivity contribution in [2.75, 3.05) is 42.9 Å². The molecule has 114 valence electrons. The Morgan fingerprint density at radius 1 is 0.857 bits per heavy atom. The number of hydrogen-bond acceptors (Lipinski definition) is 3. The lowest BCUT2D eigenvalue weighted by atomic mass is 9.84. The van der Waals surface area contributed by atoms with Crippen LogP contribution in [0.25, 0.3) is 0 Å². The molecule has 1 unspecified atom stereocenters. The summed E-state index contributed by atoms with van der Waals surface area (Å²) in [5, 5.41) is 3.78. The molecule has 0 aromatic heterocycles.